The van der Waals surface area contributed by atoms with Crippen LogP contribution in [0.5, 0.6) is 11.5 Å². The fourth-order valence-corrected chi connectivity index (χ4v) is 6.03. The van der Waals surface area contributed by atoms with Crippen molar-refractivity contribution < 1.29 is 24.2 Å². The van der Waals surface area contributed by atoms with Crippen LogP contribution in [0.1, 0.15) is 54.1 Å². The number of fused-ring (bicyclic) bond motifs is 1. The number of ether oxygens (including phenoxy) is 2. The molecule has 0 spiro atoms. The quantitative estimate of drug-likeness (QED) is 0.171. The van der Waals surface area contributed by atoms with Crippen molar-refractivity contribution in [1.82, 2.24) is 4.90 Å². The normalized spacial score (nSPS) is 11.7. The number of halogens is 2. The standard InChI is InChI=1S/C23H20BrNO2.C15H13BrO3/c1-16-11-22(27-15-17-7-3-2-4-8-17)21(24)12-20(16)23(26)25-13-18-9-5-6-10-19(18)14-25;1-10-7-14(13(16)8-12(10)15(17)18)19-9-11-5-3-2-4-6-11/h2-12H,13-15H2,1H3;2-8H,9H2,1H3,(H,17,18). The van der Waals surface area contributed by atoms with Crippen molar-refractivity contribution in [3.05, 3.63) is 163 Å². The Balaban J connectivity index is 0.000000193. The summed E-state index contributed by atoms with van der Waals surface area (Å²) in [5.74, 6) is 0.510. The number of carboxylic acids is 1. The SMILES string of the molecule is Cc1cc(OCc2ccccc2)c(Br)cc1C(=O)N1Cc2ccccc2C1.Cc1cc(OCc2ccccc2)c(Br)cc1C(=O)O. The van der Waals surface area contributed by atoms with Crippen molar-refractivity contribution in [3.8, 4) is 11.5 Å². The number of carbonyl (C=O) groups is 2. The molecule has 0 aliphatic carbocycles. The summed E-state index contributed by atoms with van der Waals surface area (Å²) >= 11 is 6.90. The highest BCUT2D eigenvalue weighted by atomic mass is 79.9. The van der Waals surface area contributed by atoms with E-state index in [-0.39, 0.29) is 11.5 Å². The van der Waals surface area contributed by atoms with Crippen LogP contribution in [0.3, 0.4) is 0 Å². The first-order valence-electron chi connectivity index (χ1n) is 14.7. The maximum atomic E-state index is 13.0. The number of carbonyl (C=O) groups excluding carboxylic acids is 1. The van der Waals surface area contributed by atoms with Gasteiger partial charge in [0.2, 0.25) is 0 Å². The predicted octanol–water partition coefficient (Wildman–Crippen LogP) is 9.53. The van der Waals surface area contributed by atoms with Gasteiger partial charge in [-0.2, -0.15) is 0 Å². The molecule has 5 aromatic rings. The van der Waals surface area contributed by atoms with Crippen molar-refractivity contribution in [1.29, 1.82) is 0 Å². The molecule has 1 amide bonds. The van der Waals surface area contributed by atoms with Crippen LogP contribution < -0.4 is 9.47 Å². The van der Waals surface area contributed by atoms with Crippen LogP contribution in [0.15, 0.2) is 118 Å². The number of rotatable bonds is 8. The lowest BCUT2D eigenvalue weighted by Crippen LogP contribution is -2.26. The minimum atomic E-state index is -0.937. The highest BCUT2D eigenvalue weighted by molar-refractivity contribution is 9.11. The number of aromatic carboxylic acids is 1. The molecule has 0 radical (unpaired) electrons. The van der Waals surface area contributed by atoms with E-state index in [1.54, 1.807) is 19.1 Å². The Bertz CT molecular complexity index is 1820. The number of aryl methyl sites for hydroxylation is 2. The van der Waals surface area contributed by atoms with Crippen molar-refractivity contribution in [2.45, 2.75) is 40.2 Å². The maximum Gasteiger partial charge on any atom is 0.335 e. The summed E-state index contributed by atoms with van der Waals surface area (Å²) in [6.07, 6.45) is 0. The molecule has 0 bridgehead atoms. The second kappa shape index (κ2) is 15.3. The van der Waals surface area contributed by atoms with Gasteiger partial charge in [-0.25, -0.2) is 4.79 Å². The Hall–Kier alpha value is -4.40. The Morgan fingerprint density at radius 3 is 1.52 bits per heavy atom. The first-order chi connectivity index (χ1) is 22.2. The fraction of sp³-hybridized carbons (Fsp3) is 0.158. The third-order valence-corrected chi connectivity index (χ3v) is 8.86. The fourth-order valence-electron chi connectivity index (χ4n) is 5.11. The summed E-state index contributed by atoms with van der Waals surface area (Å²) in [4.78, 5) is 25.9. The van der Waals surface area contributed by atoms with Crippen LogP contribution in [-0.2, 0) is 26.3 Å². The number of amides is 1. The van der Waals surface area contributed by atoms with Crippen molar-refractivity contribution in [2.75, 3.05) is 0 Å². The molecule has 8 heteroatoms. The van der Waals surface area contributed by atoms with E-state index in [9.17, 15) is 9.59 Å². The minimum absolute atomic E-state index is 0.0546. The maximum absolute atomic E-state index is 13.0. The molecular weight excluding hydrogens is 710 g/mol. The van der Waals surface area contributed by atoms with Crippen LogP contribution in [0.2, 0.25) is 0 Å². The molecule has 0 unspecified atom stereocenters. The molecule has 1 heterocycles. The molecule has 0 atom stereocenters. The third-order valence-electron chi connectivity index (χ3n) is 7.62. The van der Waals surface area contributed by atoms with Gasteiger partial charge in [-0.1, -0.05) is 84.9 Å². The van der Waals surface area contributed by atoms with E-state index in [2.05, 4.69) is 44.0 Å². The zero-order valence-corrected chi connectivity index (χ0v) is 28.7. The van der Waals surface area contributed by atoms with E-state index in [1.165, 1.54) is 11.1 Å². The topological polar surface area (TPSA) is 76.1 Å². The van der Waals surface area contributed by atoms with Crippen molar-refractivity contribution >= 4 is 43.7 Å². The number of carboxylic acid groups (broad SMARTS) is 1. The third kappa shape index (κ3) is 8.24. The van der Waals surface area contributed by atoms with Gasteiger partial charge in [0, 0.05) is 18.7 Å². The van der Waals surface area contributed by atoms with E-state index in [0.717, 1.165) is 26.9 Å². The average Bonchev–Trinajstić information content (AvgIpc) is 3.50. The van der Waals surface area contributed by atoms with E-state index in [0.29, 0.717) is 47.7 Å². The number of nitrogens with zero attached hydrogens (tertiary/aromatic N) is 1. The molecule has 1 aliphatic heterocycles. The Kier molecular flexibility index (Phi) is 10.9. The predicted molar refractivity (Wildman–Crippen MR) is 186 cm³/mol. The Morgan fingerprint density at radius 1 is 0.652 bits per heavy atom. The molecule has 46 heavy (non-hydrogen) atoms. The summed E-state index contributed by atoms with van der Waals surface area (Å²) < 4.78 is 13.1. The van der Waals surface area contributed by atoms with Gasteiger partial charge < -0.3 is 19.5 Å². The number of hydrogen-bond donors (Lipinski definition) is 1. The molecule has 234 valence electrons. The van der Waals surface area contributed by atoms with Gasteiger partial charge >= 0.3 is 5.97 Å². The van der Waals surface area contributed by atoms with Gasteiger partial charge in [0.15, 0.2) is 0 Å². The molecule has 0 fully saturated rings. The van der Waals surface area contributed by atoms with E-state index >= 15 is 0 Å². The van der Waals surface area contributed by atoms with E-state index in [1.807, 2.05) is 96.8 Å². The lowest BCUT2D eigenvalue weighted by atomic mass is 10.1. The lowest BCUT2D eigenvalue weighted by molar-refractivity contribution is 0.0694. The molecule has 6 rings (SSSR count). The van der Waals surface area contributed by atoms with Crippen LogP contribution in [0.25, 0.3) is 0 Å². The van der Waals surface area contributed by atoms with Crippen LogP contribution in [0, 0.1) is 13.8 Å². The molecule has 1 aliphatic rings. The smallest absolute Gasteiger partial charge is 0.335 e. The van der Waals surface area contributed by atoms with Gasteiger partial charge in [0.1, 0.15) is 24.7 Å². The van der Waals surface area contributed by atoms with Crippen molar-refractivity contribution in [3.63, 3.8) is 0 Å². The van der Waals surface area contributed by atoms with Crippen molar-refractivity contribution in [2.24, 2.45) is 0 Å². The average molecular weight is 743 g/mol. The molecule has 0 saturated heterocycles. The first kappa shape index (κ1) is 33.0. The second-order valence-corrected chi connectivity index (χ2v) is 12.7. The highest BCUT2D eigenvalue weighted by Gasteiger charge is 2.25. The Labute approximate surface area is 285 Å². The number of hydrogen-bond acceptors (Lipinski definition) is 4. The second-order valence-electron chi connectivity index (χ2n) is 11.0. The summed E-state index contributed by atoms with van der Waals surface area (Å²) in [6, 6.07) is 35.2. The van der Waals surface area contributed by atoms with Gasteiger partial charge in [-0.3, -0.25) is 4.79 Å². The summed E-state index contributed by atoms with van der Waals surface area (Å²) in [5, 5.41) is 9.03. The van der Waals surface area contributed by atoms with E-state index in [4.69, 9.17) is 14.6 Å². The monoisotopic (exact) mass is 741 g/mol. The number of benzene rings is 5. The van der Waals surface area contributed by atoms with Gasteiger partial charge in [0.25, 0.3) is 5.91 Å². The van der Waals surface area contributed by atoms with Gasteiger partial charge in [0.05, 0.1) is 14.5 Å². The summed E-state index contributed by atoms with van der Waals surface area (Å²) in [6.45, 7) is 5.99. The zero-order valence-electron chi connectivity index (χ0n) is 25.5. The molecule has 0 aromatic heterocycles. The molecular formula is C38H33Br2NO5. The van der Waals surface area contributed by atoms with Crippen LogP contribution in [0.4, 0.5) is 0 Å². The van der Waals surface area contributed by atoms with Gasteiger partial charge in [-0.15, -0.1) is 0 Å². The first-order valence-corrected chi connectivity index (χ1v) is 16.3. The zero-order chi connectivity index (χ0) is 32.6. The van der Waals surface area contributed by atoms with Gasteiger partial charge in [-0.05, 0) is 103 Å². The summed E-state index contributed by atoms with van der Waals surface area (Å²) in [7, 11) is 0. The largest absolute Gasteiger partial charge is 0.488 e. The Morgan fingerprint density at radius 2 is 1.07 bits per heavy atom. The molecule has 1 N–H and O–H groups in total. The minimum Gasteiger partial charge on any atom is -0.488 e. The summed E-state index contributed by atoms with van der Waals surface area (Å²) in [5.41, 5.74) is 7.21. The molecule has 0 saturated carbocycles. The van der Waals surface area contributed by atoms with Crippen LogP contribution >= 0.6 is 31.9 Å². The lowest BCUT2D eigenvalue weighted by Gasteiger charge is -2.18. The highest BCUT2D eigenvalue weighted by Crippen LogP contribution is 2.32. The van der Waals surface area contributed by atoms with Crippen LogP contribution in [-0.4, -0.2) is 21.9 Å². The van der Waals surface area contributed by atoms with E-state index < -0.39 is 5.97 Å². The molecule has 6 nitrogen and oxygen atoms in total. The molecule has 5 aromatic carbocycles.